The summed E-state index contributed by atoms with van der Waals surface area (Å²) in [6.07, 6.45) is 3.15. The second-order valence-electron chi connectivity index (χ2n) is 11.4. The molecule has 2 aromatic carbocycles. The SMILES string of the molecule is CC(C)(F)CN1CCC(COc2ccc(-c3cccc(F)c3C(=O)NC(=O)[C@]3(C)CCCN3)cc2C#N)CC1. The Hall–Kier alpha value is -3.35. The third kappa shape index (κ3) is 7.00. The first-order valence-electron chi connectivity index (χ1n) is 13.5. The van der Waals surface area contributed by atoms with Gasteiger partial charge in [0.25, 0.3) is 5.91 Å². The highest BCUT2D eigenvalue weighted by Gasteiger charge is 2.37. The third-order valence-electron chi connectivity index (χ3n) is 7.53. The van der Waals surface area contributed by atoms with E-state index in [-0.39, 0.29) is 16.7 Å². The maximum absolute atomic E-state index is 14.9. The van der Waals surface area contributed by atoms with E-state index >= 15 is 0 Å². The van der Waals surface area contributed by atoms with Gasteiger partial charge in [-0.15, -0.1) is 0 Å². The number of nitrogens with one attached hydrogen (secondary N) is 2. The van der Waals surface area contributed by atoms with Crippen LogP contribution in [-0.2, 0) is 4.79 Å². The van der Waals surface area contributed by atoms with Crippen LogP contribution in [-0.4, -0.2) is 60.7 Å². The van der Waals surface area contributed by atoms with E-state index in [2.05, 4.69) is 21.6 Å². The number of nitrogens with zero attached hydrogens (tertiary/aromatic N) is 2. The van der Waals surface area contributed by atoms with Gasteiger partial charge in [-0.05, 0) is 101 Å². The molecule has 2 aliphatic heterocycles. The van der Waals surface area contributed by atoms with Gasteiger partial charge in [-0.3, -0.25) is 14.9 Å². The lowest BCUT2D eigenvalue weighted by molar-refractivity contribution is -0.125. The number of carbonyl (C=O) groups is 2. The number of nitriles is 1. The maximum atomic E-state index is 14.9. The zero-order valence-corrected chi connectivity index (χ0v) is 22.8. The smallest absolute Gasteiger partial charge is 0.261 e. The van der Waals surface area contributed by atoms with E-state index in [1.165, 1.54) is 12.1 Å². The fourth-order valence-electron chi connectivity index (χ4n) is 5.35. The number of amides is 2. The van der Waals surface area contributed by atoms with E-state index < -0.39 is 28.8 Å². The molecule has 9 heteroatoms. The van der Waals surface area contributed by atoms with Crippen LogP contribution in [0, 0.1) is 23.1 Å². The van der Waals surface area contributed by atoms with Crippen LogP contribution in [0.1, 0.15) is 62.4 Å². The first-order valence-corrected chi connectivity index (χ1v) is 13.5. The average molecular weight is 539 g/mol. The summed E-state index contributed by atoms with van der Waals surface area (Å²) >= 11 is 0. The van der Waals surface area contributed by atoms with Crippen molar-refractivity contribution < 1.29 is 23.1 Å². The second kappa shape index (κ2) is 11.8. The van der Waals surface area contributed by atoms with Crippen molar-refractivity contribution >= 4 is 11.8 Å². The number of piperidine rings is 1. The minimum Gasteiger partial charge on any atom is -0.492 e. The quantitative estimate of drug-likeness (QED) is 0.477. The van der Waals surface area contributed by atoms with Crippen LogP contribution >= 0.6 is 0 Å². The van der Waals surface area contributed by atoms with Crippen molar-refractivity contribution in [3.63, 3.8) is 0 Å². The summed E-state index contributed by atoms with van der Waals surface area (Å²) in [4.78, 5) is 27.9. The Labute approximate surface area is 228 Å². The molecule has 0 saturated carbocycles. The number of halogens is 2. The third-order valence-corrected chi connectivity index (χ3v) is 7.53. The summed E-state index contributed by atoms with van der Waals surface area (Å²) in [5, 5.41) is 15.2. The summed E-state index contributed by atoms with van der Waals surface area (Å²) in [6.45, 7) is 8.00. The topological polar surface area (TPSA) is 94.5 Å². The summed E-state index contributed by atoms with van der Waals surface area (Å²) in [7, 11) is 0. The molecule has 39 heavy (non-hydrogen) atoms. The molecule has 2 fully saturated rings. The Morgan fingerprint density at radius 3 is 2.64 bits per heavy atom. The van der Waals surface area contributed by atoms with E-state index in [1.807, 2.05) is 0 Å². The molecular weight excluding hydrogens is 502 g/mol. The van der Waals surface area contributed by atoms with Gasteiger partial charge in [0.2, 0.25) is 5.91 Å². The molecule has 2 N–H and O–H groups in total. The molecule has 2 aromatic rings. The predicted molar refractivity (Wildman–Crippen MR) is 145 cm³/mol. The number of benzene rings is 2. The Bertz CT molecular complexity index is 1250. The lowest BCUT2D eigenvalue weighted by Crippen LogP contribution is -2.52. The normalized spacial score (nSPS) is 20.4. The summed E-state index contributed by atoms with van der Waals surface area (Å²) in [5.41, 5.74) is -1.37. The molecule has 2 saturated heterocycles. The zero-order chi connectivity index (χ0) is 28.2. The number of imide groups is 1. The molecule has 0 spiro atoms. The Morgan fingerprint density at radius 1 is 1.26 bits per heavy atom. The van der Waals surface area contributed by atoms with Crippen molar-refractivity contribution in [3.8, 4) is 22.9 Å². The number of hydrogen-bond donors (Lipinski definition) is 2. The van der Waals surface area contributed by atoms with Crippen LogP contribution in [0.15, 0.2) is 36.4 Å². The Morgan fingerprint density at radius 2 is 2.00 bits per heavy atom. The van der Waals surface area contributed by atoms with Gasteiger partial charge < -0.3 is 15.0 Å². The maximum Gasteiger partial charge on any atom is 0.261 e. The predicted octanol–water partition coefficient (Wildman–Crippen LogP) is 4.60. The lowest BCUT2D eigenvalue weighted by Gasteiger charge is -2.34. The van der Waals surface area contributed by atoms with Gasteiger partial charge in [0.15, 0.2) is 0 Å². The first kappa shape index (κ1) is 28.7. The minimum absolute atomic E-state index is 0.256. The monoisotopic (exact) mass is 538 g/mol. The summed E-state index contributed by atoms with van der Waals surface area (Å²) < 4.78 is 34.9. The van der Waals surface area contributed by atoms with Gasteiger partial charge in [0.1, 0.15) is 23.3 Å². The fourth-order valence-corrected chi connectivity index (χ4v) is 5.35. The highest BCUT2D eigenvalue weighted by Crippen LogP contribution is 2.31. The van der Waals surface area contributed by atoms with E-state index in [4.69, 9.17) is 4.74 Å². The van der Waals surface area contributed by atoms with E-state index in [9.17, 15) is 23.6 Å². The molecule has 4 rings (SSSR count). The highest BCUT2D eigenvalue weighted by atomic mass is 19.1. The molecule has 2 amide bonds. The van der Waals surface area contributed by atoms with Crippen LogP contribution in [0.5, 0.6) is 5.75 Å². The average Bonchev–Trinajstić information content (AvgIpc) is 3.35. The summed E-state index contributed by atoms with van der Waals surface area (Å²) in [5.74, 6) is -1.39. The Kier molecular flexibility index (Phi) is 8.67. The zero-order valence-electron chi connectivity index (χ0n) is 22.8. The molecule has 0 bridgehead atoms. The molecule has 0 radical (unpaired) electrons. The second-order valence-corrected chi connectivity index (χ2v) is 11.4. The molecule has 7 nitrogen and oxygen atoms in total. The van der Waals surface area contributed by atoms with Crippen molar-refractivity contribution in [2.75, 3.05) is 32.8 Å². The van der Waals surface area contributed by atoms with E-state index in [0.29, 0.717) is 43.3 Å². The van der Waals surface area contributed by atoms with E-state index in [0.717, 1.165) is 32.4 Å². The molecule has 0 aliphatic carbocycles. The molecule has 208 valence electrons. The van der Waals surface area contributed by atoms with Gasteiger partial charge in [0, 0.05) is 6.54 Å². The van der Waals surface area contributed by atoms with E-state index in [1.54, 1.807) is 45.0 Å². The van der Waals surface area contributed by atoms with Gasteiger partial charge >= 0.3 is 0 Å². The van der Waals surface area contributed by atoms with Crippen LogP contribution in [0.2, 0.25) is 0 Å². The van der Waals surface area contributed by atoms with Crippen LogP contribution in [0.4, 0.5) is 8.78 Å². The molecular formula is C30H36F2N4O3. The van der Waals surface area contributed by atoms with Crippen LogP contribution in [0.25, 0.3) is 11.1 Å². The molecule has 0 aromatic heterocycles. The van der Waals surface area contributed by atoms with Crippen molar-refractivity contribution in [1.82, 2.24) is 15.5 Å². The van der Waals surface area contributed by atoms with Gasteiger partial charge in [0.05, 0.1) is 23.3 Å². The van der Waals surface area contributed by atoms with Crippen molar-refractivity contribution in [2.24, 2.45) is 5.92 Å². The number of hydrogen-bond acceptors (Lipinski definition) is 6. The molecule has 0 unspecified atom stereocenters. The molecule has 2 heterocycles. The molecule has 2 aliphatic rings. The summed E-state index contributed by atoms with van der Waals surface area (Å²) in [6, 6.07) is 11.3. The van der Waals surface area contributed by atoms with Crippen LogP contribution in [0.3, 0.4) is 0 Å². The minimum atomic E-state index is -1.23. The Balaban J connectivity index is 1.46. The molecule has 1 atom stereocenters. The van der Waals surface area contributed by atoms with Crippen molar-refractivity contribution in [1.29, 1.82) is 5.26 Å². The van der Waals surface area contributed by atoms with Crippen LogP contribution < -0.4 is 15.4 Å². The van der Waals surface area contributed by atoms with Crippen molar-refractivity contribution in [2.45, 2.75) is 57.7 Å². The fraction of sp³-hybridized carbons (Fsp3) is 0.500. The standard InChI is InChI=1S/C30H36F2N4O3/c1-29(2,32)19-36-14-10-20(11-15-36)18-39-25-9-8-21(16-22(25)17-33)23-6-4-7-24(31)26(23)27(37)35-28(38)30(3)12-5-13-34-30/h4,6-9,16,20,34H,5,10-15,18-19H2,1-3H3,(H,35,37,38)/t30-/m0/s1. The van der Waals surface area contributed by atoms with Gasteiger partial charge in [-0.1, -0.05) is 18.2 Å². The van der Waals surface area contributed by atoms with Crippen molar-refractivity contribution in [3.05, 3.63) is 53.3 Å². The first-order chi connectivity index (χ1) is 18.5. The number of likely N-dealkylation sites (tertiary alicyclic amines) is 1. The number of rotatable bonds is 8. The number of ether oxygens (including phenoxy) is 1. The number of alkyl halides is 1. The highest BCUT2D eigenvalue weighted by molar-refractivity contribution is 6.10. The number of carbonyl (C=O) groups excluding carboxylic acids is 2. The lowest BCUT2D eigenvalue weighted by atomic mass is 9.95. The van der Waals surface area contributed by atoms with Gasteiger partial charge in [-0.25, -0.2) is 8.78 Å². The largest absolute Gasteiger partial charge is 0.492 e. The van der Waals surface area contributed by atoms with Gasteiger partial charge in [-0.2, -0.15) is 5.26 Å².